The summed E-state index contributed by atoms with van der Waals surface area (Å²) < 4.78 is 0. The van der Waals surface area contributed by atoms with Gasteiger partial charge in [-0.25, -0.2) is 0 Å². The maximum atomic E-state index is 6.06. The van der Waals surface area contributed by atoms with Crippen LogP contribution in [0, 0.1) is 0 Å². The van der Waals surface area contributed by atoms with Crippen molar-refractivity contribution in [3.8, 4) is 0 Å². The maximum Gasteiger partial charge on any atom is 0.0408 e. The minimum absolute atomic E-state index is 0.465. The molecule has 2 aromatic carbocycles. The molecule has 0 saturated heterocycles. The SMILES string of the molecule is CCc1ccccc1CNC1CCc2cc(Cl)ccc21. The van der Waals surface area contributed by atoms with Crippen molar-refractivity contribution in [2.24, 2.45) is 0 Å². The molecule has 1 aliphatic carbocycles. The van der Waals surface area contributed by atoms with E-state index in [-0.39, 0.29) is 0 Å². The number of hydrogen-bond acceptors (Lipinski definition) is 1. The van der Waals surface area contributed by atoms with Gasteiger partial charge in [0.1, 0.15) is 0 Å². The van der Waals surface area contributed by atoms with Crippen LogP contribution in [0.25, 0.3) is 0 Å². The predicted molar refractivity (Wildman–Crippen MR) is 85.2 cm³/mol. The molecule has 1 N–H and O–H groups in total. The van der Waals surface area contributed by atoms with Gasteiger partial charge in [-0.3, -0.25) is 0 Å². The largest absolute Gasteiger partial charge is 0.306 e. The zero-order valence-electron chi connectivity index (χ0n) is 11.8. The van der Waals surface area contributed by atoms with Crippen LogP contribution < -0.4 is 5.32 Å². The molecule has 0 amide bonds. The highest BCUT2D eigenvalue weighted by Crippen LogP contribution is 2.33. The summed E-state index contributed by atoms with van der Waals surface area (Å²) in [7, 11) is 0. The van der Waals surface area contributed by atoms with Gasteiger partial charge in [-0.1, -0.05) is 48.9 Å². The number of halogens is 1. The average Bonchev–Trinajstić information content (AvgIpc) is 2.87. The molecule has 0 spiro atoms. The third-order valence-electron chi connectivity index (χ3n) is 4.22. The van der Waals surface area contributed by atoms with Crippen LogP contribution in [0.4, 0.5) is 0 Å². The lowest BCUT2D eigenvalue weighted by molar-refractivity contribution is 0.529. The molecule has 1 nitrogen and oxygen atoms in total. The quantitative estimate of drug-likeness (QED) is 0.860. The van der Waals surface area contributed by atoms with Gasteiger partial charge in [-0.05, 0) is 53.6 Å². The highest BCUT2D eigenvalue weighted by atomic mass is 35.5. The fourth-order valence-electron chi connectivity index (χ4n) is 3.11. The predicted octanol–water partition coefficient (Wildman–Crippen LogP) is 4.68. The minimum Gasteiger partial charge on any atom is -0.306 e. The van der Waals surface area contributed by atoms with Crippen LogP contribution in [0.3, 0.4) is 0 Å². The number of nitrogens with one attached hydrogen (secondary N) is 1. The molecule has 2 aromatic rings. The highest BCUT2D eigenvalue weighted by molar-refractivity contribution is 6.30. The minimum atomic E-state index is 0.465. The lowest BCUT2D eigenvalue weighted by Crippen LogP contribution is -2.19. The van der Waals surface area contributed by atoms with Gasteiger partial charge in [-0.2, -0.15) is 0 Å². The van der Waals surface area contributed by atoms with Crippen LogP contribution in [-0.4, -0.2) is 0 Å². The third kappa shape index (κ3) is 2.74. The molecule has 1 atom stereocenters. The molecule has 0 heterocycles. The van der Waals surface area contributed by atoms with Gasteiger partial charge in [-0.15, -0.1) is 0 Å². The molecule has 2 heteroatoms. The molecule has 1 aliphatic rings. The number of benzene rings is 2. The maximum absolute atomic E-state index is 6.06. The first-order valence-electron chi connectivity index (χ1n) is 7.36. The van der Waals surface area contributed by atoms with E-state index in [2.05, 4.69) is 48.6 Å². The lowest BCUT2D eigenvalue weighted by atomic mass is 10.0. The first-order chi connectivity index (χ1) is 9.78. The molecule has 0 bridgehead atoms. The fourth-order valence-corrected chi connectivity index (χ4v) is 3.30. The molecular weight excluding hydrogens is 266 g/mol. The van der Waals surface area contributed by atoms with Crippen molar-refractivity contribution in [1.29, 1.82) is 0 Å². The summed E-state index contributed by atoms with van der Waals surface area (Å²) in [5.74, 6) is 0. The summed E-state index contributed by atoms with van der Waals surface area (Å²) in [6.45, 7) is 3.16. The molecule has 0 fully saturated rings. The second-order valence-corrected chi connectivity index (χ2v) is 5.87. The van der Waals surface area contributed by atoms with Crippen molar-refractivity contribution in [3.63, 3.8) is 0 Å². The Hall–Kier alpha value is -1.31. The van der Waals surface area contributed by atoms with E-state index in [0.717, 1.165) is 24.4 Å². The molecular formula is C18H20ClN. The summed E-state index contributed by atoms with van der Waals surface area (Å²) in [5.41, 5.74) is 5.67. The van der Waals surface area contributed by atoms with Crippen LogP contribution in [-0.2, 0) is 19.4 Å². The Balaban J connectivity index is 1.72. The molecule has 104 valence electrons. The smallest absolute Gasteiger partial charge is 0.0408 e. The Morgan fingerprint density at radius 3 is 2.75 bits per heavy atom. The Morgan fingerprint density at radius 1 is 1.15 bits per heavy atom. The van der Waals surface area contributed by atoms with Crippen LogP contribution in [0.15, 0.2) is 42.5 Å². The molecule has 3 rings (SSSR count). The van der Waals surface area contributed by atoms with Crippen LogP contribution in [0.2, 0.25) is 5.02 Å². The van der Waals surface area contributed by atoms with Crippen molar-refractivity contribution in [1.82, 2.24) is 5.32 Å². The zero-order chi connectivity index (χ0) is 13.9. The van der Waals surface area contributed by atoms with E-state index < -0.39 is 0 Å². The van der Waals surface area contributed by atoms with Gasteiger partial charge in [0.15, 0.2) is 0 Å². The molecule has 0 saturated carbocycles. The first kappa shape index (κ1) is 13.7. The van der Waals surface area contributed by atoms with Crippen molar-refractivity contribution < 1.29 is 0 Å². The van der Waals surface area contributed by atoms with Gasteiger partial charge in [0, 0.05) is 17.6 Å². The fraction of sp³-hybridized carbons (Fsp3) is 0.333. The van der Waals surface area contributed by atoms with Crippen LogP contribution in [0.1, 0.15) is 41.6 Å². The first-order valence-corrected chi connectivity index (χ1v) is 7.74. The van der Waals surface area contributed by atoms with E-state index in [1.807, 2.05) is 6.07 Å². The number of hydrogen-bond donors (Lipinski definition) is 1. The number of fused-ring (bicyclic) bond motifs is 1. The van der Waals surface area contributed by atoms with E-state index in [0.29, 0.717) is 6.04 Å². The van der Waals surface area contributed by atoms with Crippen molar-refractivity contribution >= 4 is 11.6 Å². The van der Waals surface area contributed by atoms with E-state index >= 15 is 0 Å². The van der Waals surface area contributed by atoms with Gasteiger partial charge in [0.05, 0.1) is 0 Å². The standard InChI is InChI=1S/C18H20ClN/c1-2-13-5-3-4-6-15(13)12-20-18-10-7-14-11-16(19)8-9-17(14)18/h3-6,8-9,11,18,20H,2,7,10,12H2,1H3. The zero-order valence-corrected chi connectivity index (χ0v) is 12.6. The Bertz CT molecular complexity index is 606. The van der Waals surface area contributed by atoms with Crippen molar-refractivity contribution in [2.45, 2.75) is 38.8 Å². The van der Waals surface area contributed by atoms with E-state index in [9.17, 15) is 0 Å². The average molecular weight is 286 g/mol. The van der Waals surface area contributed by atoms with Gasteiger partial charge in [0.25, 0.3) is 0 Å². The molecule has 0 aliphatic heterocycles. The van der Waals surface area contributed by atoms with Crippen molar-refractivity contribution in [3.05, 3.63) is 69.7 Å². The van der Waals surface area contributed by atoms with Crippen LogP contribution >= 0.6 is 11.6 Å². The van der Waals surface area contributed by atoms with E-state index in [1.54, 1.807) is 0 Å². The Kier molecular flexibility index (Phi) is 4.09. The van der Waals surface area contributed by atoms with Gasteiger partial charge >= 0.3 is 0 Å². The van der Waals surface area contributed by atoms with Crippen molar-refractivity contribution in [2.75, 3.05) is 0 Å². The summed E-state index contributed by atoms with van der Waals surface area (Å²) in [4.78, 5) is 0. The van der Waals surface area contributed by atoms with Gasteiger partial charge < -0.3 is 5.32 Å². The molecule has 0 aromatic heterocycles. The van der Waals surface area contributed by atoms with Crippen LogP contribution in [0.5, 0.6) is 0 Å². The number of aryl methyl sites for hydroxylation is 2. The summed E-state index contributed by atoms with van der Waals surface area (Å²) >= 11 is 6.06. The number of rotatable bonds is 4. The monoisotopic (exact) mass is 285 g/mol. The molecule has 20 heavy (non-hydrogen) atoms. The molecule has 0 radical (unpaired) electrons. The second-order valence-electron chi connectivity index (χ2n) is 5.44. The summed E-state index contributed by atoms with van der Waals surface area (Å²) in [5, 5.41) is 4.55. The topological polar surface area (TPSA) is 12.0 Å². The third-order valence-corrected chi connectivity index (χ3v) is 4.46. The van der Waals surface area contributed by atoms with E-state index in [4.69, 9.17) is 11.6 Å². The summed E-state index contributed by atoms with van der Waals surface area (Å²) in [6.07, 6.45) is 3.39. The summed E-state index contributed by atoms with van der Waals surface area (Å²) in [6, 6.07) is 15.4. The molecule has 1 unspecified atom stereocenters. The lowest BCUT2D eigenvalue weighted by Gasteiger charge is -2.16. The highest BCUT2D eigenvalue weighted by Gasteiger charge is 2.22. The van der Waals surface area contributed by atoms with E-state index in [1.165, 1.54) is 28.7 Å². The Morgan fingerprint density at radius 2 is 1.95 bits per heavy atom. The Labute approximate surface area is 126 Å². The second kappa shape index (κ2) is 5.99. The normalized spacial score (nSPS) is 17.2. The van der Waals surface area contributed by atoms with Gasteiger partial charge in [0.2, 0.25) is 0 Å².